The fourth-order valence-electron chi connectivity index (χ4n) is 2.30. The third kappa shape index (κ3) is 3.50. The van der Waals surface area contributed by atoms with Gasteiger partial charge in [-0.3, -0.25) is 4.79 Å². The number of nitrogen functional groups attached to an aromatic ring is 1. The number of nitrogens with two attached hydrogens (primary N) is 1. The van der Waals surface area contributed by atoms with E-state index in [0.29, 0.717) is 26.5 Å². The minimum atomic E-state index is -0.142. The van der Waals surface area contributed by atoms with E-state index in [9.17, 15) is 4.79 Å². The van der Waals surface area contributed by atoms with Gasteiger partial charge in [0, 0.05) is 16.9 Å². The molecule has 2 unspecified atom stereocenters. The first-order chi connectivity index (χ1) is 9.01. The topological polar surface area (TPSA) is 55.1 Å². The van der Waals surface area contributed by atoms with Crippen LogP contribution in [-0.2, 0) is 0 Å². The lowest BCUT2D eigenvalue weighted by atomic mass is 10.1. The molecule has 0 bridgehead atoms. The van der Waals surface area contributed by atoms with Crippen molar-refractivity contribution in [2.75, 3.05) is 12.0 Å². The Labute approximate surface area is 127 Å². The van der Waals surface area contributed by atoms with Crippen molar-refractivity contribution in [1.82, 2.24) is 5.32 Å². The Morgan fingerprint density at radius 2 is 2.16 bits per heavy atom. The molecule has 1 aromatic rings. The van der Waals surface area contributed by atoms with Crippen LogP contribution < -0.4 is 11.1 Å². The molecule has 1 aromatic carbocycles. The summed E-state index contributed by atoms with van der Waals surface area (Å²) in [6.07, 6.45) is 5.29. The first kappa shape index (κ1) is 14.8. The molecule has 0 spiro atoms. The molecule has 0 heterocycles. The van der Waals surface area contributed by atoms with Gasteiger partial charge in [-0.1, -0.05) is 23.2 Å². The molecule has 1 aliphatic rings. The molecule has 0 radical (unpaired) electrons. The van der Waals surface area contributed by atoms with Gasteiger partial charge < -0.3 is 11.1 Å². The van der Waals surface area contributed by atoms with E-state index in [1.807, 2.05) is 11.8 Å². The van der Waals surface area contributed by atoms with Gasteiger partial charge in [-0.2, -0.15) is 11.8 Å². The summed E-state index contributed by atoms with van der Waals surface area (Å²) >= 11 is 13.7. The molecule has 104 valence electrons. The highest BCUT2D eigenvalue weighted by molar-refractivity contribution is 7.99. The molecule has 1 saturated carbocycles. The normalized spacial score (nSPS) is 22.5. The molecular weight excluding hydrogens is 303 g/mol. The molecule has 0 aromatic heterocycles. The van der Waals surface area contributed by atoms with Gasteiger partial charge in [-0.15, -0.1) is 0 Å². The lowest BCUT2D eigenvalue weighted by Gasteiger charge is -2.13. The van der Waals surface area contributed by atoms with Crippen molar-refractivity contribution in [1.29, 1.82) is 0 Å². The van der Waals surface area contributed by atoms with E-state index >= 15 is 0 Å². The number of carbonyl (C=O) groups is 1. The number of halogens is 2. The number of thioether (sulfide) groups is 1. The summed E-state index contributed by atoms with van der Waals surface area (Å²) in [5.74, 6) is -0.142. The second kappa shape index (κ2) is 6.25. The summed E-state index contributed by atoms with van der Waals surface area (Å²) < 4.78 is 0. The largest absolute Gasteiger partial charge is 0.397 e. The lowest BCUT2D eigenvalue weighted by Crippen LogP contribution is -2.33. The van der Waals surface area contributed by atoms with Crippen molar-refractivity contribution < 1.29 is 4.79 Å². The van der Waals surface area contributed by atoms with Crippen LogP contribution in [-0.4, -0.2) is 23.5 Å². The van der Waals surface area contributed by atoms with Crippen molar-refractivity contribution >= 4 is 46.6 Å². The summed E-state index contributed by atoms with van der Waals surface area (Å²) in [5, 5.41) is 4.27. The van der Waals surface area contributed by atoms with Crippen LogP contribution in [0.2, 0.25) is 10.0 Å². The van der Waals surface area contributed by atoms with Gasteiger partial charge in [0.1, 0.15) is 0 Å². The van der Waals surface area contributed by atoms with Gasteiger partial charge in [0.15, 0.2) is 0 Å². The third-order valence-electron chi connectivity index (χ3n) is 3.37. The molecular formula is C13H16Cl2N2OS. The van der Waals surface area contributed by atoms with Gasteiger partial charge in [-0.25, -0.2) is 0 Å². The van der Waals surface area contributed by atoms with Gasteiger partial charge in [-0.05, 0) is 37.7 Å². The van der Waals surface area contributed by atoms with Gasteiger partial charge in [0.25, 0.3) is 5.91 Å². The van der Waals surface area contributed by atoms with Crippen molar-refractivity contribution in [3.63, 3.8) is 0 Å². The Morgan fingerprint density at radius 3 is 2.74 bits per heavy atom. The summed E-state index contributed by atoms with van der Waals surface area (Å²) in [4.78, 5) is 12.1. The van der Waals surface area contributed by atoms with Crippen LogP contribution in [0.25, 0.3) is 0 Å². The molecule has 2 atom stereocenters. The molecule has 1 fully saturated rings. The number of amides is 1. The number of hydrogen-bond donors (Lipinski definition) is 2. The number of hydrogen-bond acceptors (Lipinski definition) is 3. The summed E-state index contributed by atoms with van der Waals surface area (Å²) in [6, 6.07) is 3.35. The first-order valence-corrected chi connectivity index (χ1v) is 8.13. The van der Waals surface area contributed by atoms with Crippen LogP contribution in [0.3, 0.4) is 0 Å². The van der Waals surface area contributed by atoms with Crippen LogP contribution >= 0.6 is 35.0 Å². The average molecular weight is 319 g/mol. The summed E-state index contributed by atoms with van der Waals surface area (Å²) in [7, 11) is 0. The second-order valence-electron chi connectivity index (χ2n) is 4.70. The molecule has 3 nitrogen and oxygen atoms in total. The molecule has 2 rings (SSSR count). The maximum absolute atomic E-state index is 12.1. The van der Waals surface area contributed by atoms with Crippen LogP contribution in [0.1, 0.15) is 29.6 Å². The summed E-state index contributed by atoms with van der Waals surface area (Å²) in [6.45, 7) is 0. The quantitative estimate of drug-likeness (QED) is 0.837. The predicted molar refractivity (Wildman–Crippen MR) is 83.3 cm³/mol. The highest BCUT2D eigenvalue weighted by atomic mass is 35.5. The Kier molecular flexibility index (Phi) is 4.87. The van der Waals surface area contributed by atoms with Gasteiger partial charge >= 0.3 is 0 Å². The number of rotatable bonds is 3. The highest BCUT2D eigenvalue weighted by Crippen LogP contribution is 2.30. The van der Waals surface area contributed by atoms with Gasteiger partial charge in [0.05, 0.1) is 15.7 Å². The number of anilines is 1. The standard InChI is InChI=1S/C13H16Cl2N2OS/c1-19-9-3-2-8(6-9)17-13(18)7-4-10(14)12(15)11(16)5-7/h4-5,8-9H,2-3,6,16H2,1H3,(H,17,18). The first-order valence-electron chi connectivity index (χ1n) is 6.09. The lowest BCUT2D eigenvalue weighted by molar-refractivity contribution is 0.0938. The van der Waals surface area contributed by atoms with E-state index in [0.717, 1.165) is 19.3 Å². The fourth-order valence-corrected chi connectivity index (χ4v) is 3.43. The van der Waals surface area contributed by atoms with Crippen LogP contribution in [0.15, 0.2) is 12.1 Å². The van der Waals surface area contributed by atoms with Crippen molar-refractivity contribution in [3.05, 3.63) is 27.7 Å². The SMILES string of the molecule is CSC1CCC(NC(=O)c2cc(N)c(Cl)c(Cl)c2)C1. The minimum Gasteiger partial charge on any atom is -0.397 e. The van der Waals surface area contributed by atoms with Crippen molar-refractivity contribution in [3.8, 4) is 0 Å². The van der Waals surface area contributed by atoms with Crippen LogP contribution in [0.4, 0.5) is 5.69 Å². The fraction of sp³-hybridized carbons (Fsp3) is 0.462. The molecule has 0 saturated heterocycles. The molecule has 1 amide bonds. The number of carbonyl (C=O) groups excluding carboxylic acids is 1. The Balaban J connectivity index is 2.04. The molecule has 0 aliphatic heterocycles. The average Bonchev–Trinajstić information content (AvgIpc) is 2.83. The third-order valence-corrected chi connectivity index (χ3v) is 5.28. The summed E-state index contributed by atoms with van der Waals surface area (Å²) in [5.41, 5.74) is 6.50. The smallest absolute Gasteiger partial charge is 0.251 e. The molecule has 19 heavy (non-hydrogen) atoms. The predicted octanol–water partition coefficient (Wildman–Crippen LogP) is 3.59. The second-order valence-corrected chi connectivity index (χ2v) is 6.63. The molecule has 3 N–H and O–H groups in total. The number of benzene rings is 1. The Morgan fingerprint density at radius 1 is 1.42 bits per heavy atom. The van der Waals surface area contributed by atoms with E-state index in [1.165, 1.54) is 0 Å². The monoisotopic (exact) mass is 318 g/mol. The van der Waals surface area contributed by atoms with E-state index in [2.05, 4.69) is 11.6 Å². The van der Waals surface area contributed by atoms with Crippen LogP contribution in [0, 0.1) is 0 Å². The van der Waals surface area contributed by atoms with Gasteiger partial charge in [0.2, 0.25) is 0 Å². The van der Waals surface area contributed by atoms with E-state index in [1.54, 1.807) is 12.1 Å². The minimum absolute atomic E-state index is 0.142. The highest BCUT2D eigenvalue weighted by Gasteiger charge is 2.25. The molecule has 1 aliphatic carbocycles. The molecule has 6 heteroatoms. The van der Waals surface area contributed by atoms with E-state index in [4.69, 9.17) is 28.9 Å². The zero-order chi connectivity index (χ0) is 14.0. The van der Waals surface area contributed by atoms with Crippen molar-refractivity contribution in [2.24, 2.45) is 0 Å². The Bertz CT molecular complexity index is 473. The zero-order valence-corrected chi connectivity index (χ0v) is 12.9. The Hall–Kier alpha value is -0.580. The van der Waals surface area contributed by atoms with E-state index < -0.39 is 0 Å². The maximum Gasteiger partial charge on any atom is 0.251 e. The number of nitrogens with one attached hydrogen (secondary N) is 1. The van der Waals surface area contributed by atoms with E-state index in [-0.39, 0.29) is 11.9 Å². The zero-order valence-electron chi connectivity index (χ0n) is 10.6. The maximum atomic E-state index is 12.1. The van der Waals surface area contributed by atoms with Crippen LogP contribution in [0.5, 0.6) is 0 Å². The van der Waals surface area contributed by atoms with Crippen molar-refractivity contribution in [2.45, 2.75) is 30.6 Å².